The SMILES string of the molecule is COCC(C)NC(=O)Nc1ccc2c(c1)CCC2. The number of amides is 2. The van der Waals surface area contributed by atoms with Crippen molar-refractivity contribution in [2.75, 3.05) is 19.0 Å². The van der Waals surface area contributed by atoms with Crippen LogP contribution in [0.2, 0.25) is 0 Å². The first-order valence-electron chi connectivity index (χ1n) is 6.37. The molecule has 0 radical (unpaired) electrons. The Hall–Kier alpha value is -1.55. The summed E-state index contributed by atoms with van der Waals surface area (Å²) >= 11 is 0. The number of aryl methyl sites for hydroxylation is 2. The maximum Gasteiger partial charge on any atom is 0.319 e. The number of hydrogen-bond acceptors (Lipinski definition) is 2. The van der Waals surface area contributed by atoms with Crippen molar-refractivity contribution in [2.24, 2.45) is 0 Å². The van der Waals surface area contributed by atoms with Crippen LogP contribution in [-0.2, 0) is 17.6 Å². The molecule has 0 saturated heterocycles. The van der Waals surface area contributed by atoms with Gasteiger partial charge < -0.3 is 15.4 Å². The number of urea groups is 1. The fourth-order valence-corrected chi connectivity index (χ4v) is 2.33. The summed E-state index contributed by atoms with van der Waals surface area (Å²) in [5, 5.41) is 5.68. The van der Waals surface area contributed by atoms with Crippen LogP contribution in [0.3, 0.4) is 0 Å². The molecule has 1 aliphatic carbocycles. The van der Waals surface area contributed by atoms with E-state index in [1.165, 1.54) is 17.5 Å². The van der Waals surface area contributed by atoms with Crippen LogP contribution in [-0.4, -0.2) is 25.8 Å². The zero-order valence-corrected chi connectivity index (χ0v) is 11.0. The van der Waals surface area contributed by atoms with Gasteiger partial charge >= 0.3 is 6.03 Å². The first-order chi connectivity index (χ1) is 8.69. The molecule has 4 heteroatoms. The van der Waals surface area contributed by atoms with Crippen molar-refractivity contribution < 1.29 is 9.53 Å². The number of benzene rings is 1. The molecule has 0 fully saturated rings. The minimum absolute atomic E-state index is 0.00410. The molecule has 2 rings (SSSR count). The highest BCUT2D eigenvalue weighted by molar-refractivity contribution is 5.89. The highest BCUT2D eigenvalue weighted by atomic mass is 16.5. The predicted molar refractivity (Wildman–Crippen MR) is 72.0 cm³/mol. The molecule has 98 valence electrons. The van der Waals surface area contributed by atoms with Crippen LogP contribution in [0.4, 0.5) is 10.5 Å². The third kappa shape index (κ3) is 3.23. The Kier molecular flexibility index (Phi) is 4.20. The van der Waals surface area contributed by atoms with E-state index in [9.17, 15) is 4.79 Å². The van der Waals surface area contributed by atoms with E-state index in [0.717, 1.165) is 18.5 Å². The van der Waals surface area contributed by atoms with Gasteiger partial charge in [-0.2, -0.15) is 0 Å². The molecule has 0 heterocycles. The van der Waals surface area contributed by atoms with Crippen LogP contribution >= 0.6 is 0 Å². The van der Waals surface area contributed by atoms with Crippen molar-refractivity contribution in [3.8, 4) is 0 Å². The molecule has 1 aromatic carbocycles. The minimum Gasteiger partial charge on any atom is -0.383 e. The largest absolute Gasteiger partial charge is 0.383 e. The van der Waals surface area contributed by atoms with Gasteiger partial charge in [-0.3, -0.25) is 0 Å². The number of nitrogens with one attached hydrogen (secondary N) is 2. The molecule has 2 amide bonds. The molecule has 0 aromatic heterocycles. The Morgan fingerprint density at radius 1 is 1.39 bits per heavy atom. The van der Waals surface area contributed by atoms with Crippen LogP contribution in [0.25, 0.3) is 0 Å². The molecular formula is C14H20N2O2. The van der Waals surface area contributed by atoms with Crippen LogP contribution in [0, 0.1) is 0 Å². The molecule has 2 N–H and O–H groups in total. The van der Waals surface area contributed by atoms with Gasteiger partial charge in [0.2, 0.25) is 0 Å². The van der Waals surface area contributed by atoms with E-state index in [1.807, 2.05) is 13.0 Å². The summed E-state index contributed by atoms with van der Waals surface area (Å²) < 4.78 is 4.97. The predicted octanol–water partition coefficient (Wildman–Crippen LogP) is 2.33. The van der Waals surface area contributed by atoms with Crippen molar-refractivity contribution in [1.29, 1.82) is 0 Å². The fraction of sp³-hybridized carbons (Fsp3) is 0.500. The molecule has 18 heavy (non-hydrogen) atoms. The lowest BCUT2D eigenvalue weighted by atomic mass is 10.1. The number of fused-ring (bicyclic) bond motifs is 1. The van der Waals surface area contributed by atoms with Gasteiger partial charge in [0, 0.05) is 12.8 Å². The summed E-state index contributed by atoms with van der Waals surface area (Å²) in [6.45, 7) is 2.42. The Morgan fingerprint density at radius 3 is 2.94 bits per heavy atom. The van der Waals surface area contributed by atoms with Crippen molar-refractivity contribution in [1.82, 2.24) is 5.32 Å². The quantitative estimate of drug-likeness (QED) is 0.859. The van der Waals surface area contributed by atoms with Gasteiger partial charge in [0.15, 0.2) is 0 Å². The molecular weight excluding hydrogens is 228 g/mol. The van der Waals surface area contributed by atoms with E-state index in [0.29, 0.717) is 6.61 Å². The van der Waals surface area contributed by atoms with Crippen molar-refractivity contribution in [3.05, 3.63) is 29.3 Å². The summed E-state index contributed by atoms with van der Waals surface area (Å²) in [5.74, 6) is 0. The Labute approximate surface area is 108 Å². The van der Waals surface area contributed by atoms with Gasteiger partial charge in [-0.25, -0.2) is 4.79 Å². The molecule has 1 unspecified atom stereocenters. The summed E-state index contributed by atoms with van der Waals surface area (Å²) in [6.07, 6.45) is 3.50. The standard InChI is InChI=1S/C14H20N2O2/c1-10(9-18-2)15-14(17)16-13-7-6-11-4-3-5-12(11)8-13/h6-8,10H,3-5,9H2,1-2H3,(H2,15,16,17). The number of methoxy groups -OCH3 is 1. The summed E-state index contributed by atoms with van der Waals surface area (Å²) in [5.41, 5.74) is 3.63. The Balaban J connectivity index is 1.91. The molecule has 1 aliphatic rings. The second-order valence-electron chi connectivity index (χ2n) is 4.79. The van der Waals surface area contributed by atoms with E-state index >= 15 is 0 Å². The van der Waals surface area contributed by atoms with Crippen LogP contribution in [0.5, 0.6) is 0 Å². The third-order valence-electron chi connectivity index (χ3n) is 3.15. The van der Waals surface area contributed by atoms with Crippen molar-refractivity contribution >= 4 is 11.7 Å². The van der Waals surface area contributed by atoms with E-state index in [-0.39, 0.29) is 12.1 Å². The highest BCUT2D eigenvalue weighted by Gasteiger charge is 2.12. The summed E-state index contributed by atoms with van der Waals surface area (Å²) in [6, 6.07) is 5.96. The fourth-order valence-electron chi connectivity index (χ4n) is 2.33. The maximum atomic E-state index is 11.7. The molecule has 0 aliphatic heterocycles. The van der Waals surface area contributed by atoms with Gasteiger partial charge in [0.1, 0.15) is 0 Å². The average molecular weight is 248 g/mol. The lowest BCUT2D eigenvalue weighted by molar-refractivity contribution is 0.173. The van der Waals surface area contributed by atoms with E-state index < -0.39 is 0 Å². The number of ether oxygens (including phenoxy) is 1. The van der Waals surface area contributed by atoms with Gasteiger partial charge in [-0.15, -0.1) is 0 Å². The van der Waals surface area contributed by atoms with Gasteiger partial charge in [0.05, 0.1) is 12.6 Å². The number of carbonyl (C=O) groups excluding carboxylic acids is 1. The van der Waals surface area contributed by atoms with Crippen molar-refractivity contribution in [3.63, 3.8) is 0 Å². The van der Waals surface area contributed by atoms with Gasteiger partial charge in [-0.05, 0) is 49.4 Å². The molecule has 0 spiro atoms. The van der Waals surface area contributed by atoms with Crippen LogP contribution in [0.15, 0.2) is 18.2 Å². The average Bonchev–Trinajstić information content (AvgIpc) is 2.76. The molecule has 0 saturated carbocycles. The van der Waals surface area contributed by atoms with Gasteiger partial charge in [-0.1, -0.05) is 6.07 Å². The molecule has 4 nitrogen and oxygen atoms in total. The highest BCUT2D eigenvalue weighted by Crippen LogP contribution is 2.24. The summed E-state index contributed by atoms with van der Waals surface area (Å²) in [7, 11) is 1.62. The van der Waals surface area contributed by atoms with Gasteiger partial charge in [0.25, 0.3) is 0 Å². The third-order valence-corrected chi connectivity index (χ3v) is 3.15. The Morgan fingerprint density at radius 2 is 2.17 bits per heavy atom. The lowest BCUT2D eigenvalue weighted by Crippen LogP contribution is -2.38. The first-order valence-corrected chi connectivity index (χ1v) is 6.37. The second-order valence-corrected chi connectivity index (χ2v) is 4.79. The maximum absolute atomic E-state index is 11.7. The Bertz CT molecular complexity index is 432. The number of hydrogen-bond donors (Lipinski definition) is 2. The van der Waals surface area contributed by atoms with E-state index in [2.05, 4.69) is 22.8 Å². The zero-order chi connectivity index (χ0) is 13.0. The number of anilines is 1. The number of rotatable bonds is 4. The monoisotopic (exact) mass is 248 g/mol. The second kappa shape index (κ2) is 5.87. The summed E-state index contributed by atoms with van der Waals surface area (Å²) in [4.78, 5) is 11.7. The topological polar surface area (TPSA) is 50.4 Å². The first kappa shape index (κ1) is 12.9. The lowest BCUT2D eigenvalue weighted by Gasteiger charge is -2.14. The van der Waals surface area contributed by atoms with E-state index in [4.69, 9.17) is 4.74 Å². The van der Waals surface area contributed by atoms with Crippen LogP contribution in [0.1, 0.15) is 24.5 Å². The number of carbonyl (C=O) groups is 1. The zero-order valence-electron chi connectivity index (χ0n) is 11.0. The van der Waals surface area contributed by atoms with Crippen LogP contribution < -0.4 is 10.6 Å². The van der Waals surface area contributed by atoms with Crippen molar-refractivity contribution in [2.45, 2.75) is 32.2 Å². The normalized spacial score (nSPS) is 15.0. The molecule has 1 atom stereocenters. The molecule has 1 aromatic rings. The minimum atomic E-state index is -0.183. The smallest absolute Gasteiger partial charge is 0.319 e. The molecule has 0 bridgehead atoms. The van der Waals surface area contributed by atoms with E-state index in [1.54, 1.807) is 7.11 Å².